The Kier molecular flexibility index (Phi) is 9.71. The molecule has 0 spiro atoms. The fraction of sp³-hybridized carbons (Fsp3) is 0.462. The fourth-order valence-electron chi connectivity index (χ4n) is 3.60. The number of sulfonamides is 1. The average molecular weight is 504 g/mol. The van der Waals surface area contributed by atoms with Crippen LogP contribution in [-0.2, 0) is 26.2 Å². The molecule has 9 heteroatoms. The number of anilines is 1. The van der Waals surface area contributed by atoms with Crippen molar-refractivity contribution in [1.29, 1.82) is 0 Å². The predicted molar refractivity (Wildman–Crippen MR) is 139 cm³/mol. The molecule has 0 aromatic heterocycles. The first-order valence-electron chi connectivity index (χ1n) is 11.6. The van der Waals surface area contributed by atoms with E-state index in [1.165, 1.54) is 4.90 Å². The van der Waals surface area contributed by atoms with Crippen LogP contribution in [0.4, 0.5) is 5.69 Å². The minimum Gasteiger partial charge on any atom is -0.497 e. The van der Waals surface area contributed by atoms with Gasteiger partial charge < -0.3 is 15.0 Å². The molecular formula is C26H37N3O5S. The number of amides is 2. The van der Waals surface area contributed by atoms with E-state index in [1.807, 2.05) is 39.8 Å². The average Bonchev–Trinajstić information content (AvgIpc) is 2.80. The quantitative estimate of drug-likeness (QED) is 0.508. The monoisotopic (exact) mass is 503 g/mol. The molecule has 0 aliphatic rings. The number of nitrogens with one attached hydrogen (secondary N) is 1. The highest BCUT2D eigenvalue weighted by atomic mass is 32.2. The van der Waals surface area contributed by atoms with Gasteiger partial charge in [-0.1, -0.05) is 38.1 Å². The first kappa shape index (κ1) is 28.2. The fourth-order valence-corrected chi connectivity index (χ4v) is 4.50. The van der Waals surface area contributed by atoms with Crippen LogP contribution in [0.2, 0.25) is 0 Å². The lowest BCUT2D eigenvalue weighted by Gasteiger charge is -2.32. The lowest BCUT2D eigenvalue weighted by Crippen LogP contribution is -2.51. The van der Waals surface area contributed by atoms with Crippen LogP contribution in [-0.4, -0.2) is 57.6 Å². The van der Waals surface area contributed by atoms with E-state index >= 15 is 0 Å². The third-order valence-corrected chi connectivity index (χ3v) is 6.99. The molecule has 2 aromatic rings. The van der Waals surface area contributed by atoms with Gasteiger partial charge in [0.2, 0.25) is 21.8 Å². The summed E-state index contributed by atoms with van der Waals surface area (Å²) in [6.07, 6.45) is 1.08. The number of rotatable bonds is 11. The van der Waals surface area contributed by atoms with E-state index in [9.17, 15) is 18.0 Å². The second kappa shape index (κ2) is 12.1. The van der Waals surface area contributed by atoms with Crippen molar-refractivity contribution in [1.82, 2.24) is 10.2 Å². The smallest absolute Gasteiger partial charge is 0.244 e. The van der Waals surface area contributed by atoms with E-state index in [-0.39, 0.29) is 18.4 Å². The van der Waals surface area contributed by atoms with Crippen LogP contribution < -0.4 is 14.4 Å². The highest BCUT2D eigenvalue weighted by Gasteiger charge is 2.30. The summed E-state index contributed by atoms with van der Waals surface area (Å²) in [7, 11) is -2.22. The zero-order chi connectivity index (χ0) is 26.3. The molecular weight excluding hydrogens is 466 g/mol. The third kappa shape index (κ3) is 7.71. The van der Waals surface area contributed by atoms with Crippen LogP contribution in [0.25, 0.3) is 0 Å². The number of nitrogens with zero attached hydrogens (tertiary/aromatic N) is 2. The SMILES string of the molecule is COc1cccc(CN(C(=O)CN(c2cccc(C)c2C)S(C)(=O)=O)C(C)C(=O)NCC(C)C)c1. The van der Waals surface area contributed by atoms with Gasteiger partial charge >= 0.3 is 0 Å². The van der Waals surface area contributed by atoms with E-state index in [0.717, 1.165) is 27.3 Å². The topological polar surface area (TPSA) is 96.0 Å². The summed E-state index contributed by atoms with van der Waals surface area (Å²) < 4.78 is 31.9. The number of methoxy groups -OCH3 is 1. The lowest BCUT2D eigenvalue weighted by atomic mass is 10.1. The van der Waals surface area contributed by atoms with Crippen molar-refractivity contribution < 1.29 is 22.7 Å². The number of hydrogen-bond acceptors (Lipinski definition) is 5. The second-order valence-corrected chi connectivity index (χ2v) is 11.1. The third-order valence-electron chi connectivity index (χ3n) is 5.86. The van der Waals surface area contributed by atoms with Crippen molar-refractivity contribution in [3.63, 3.8) is 0 Å². The molecule has 0 radical (unpaired) electrons. The van der Waals surface area contributed by atoms with Crippen LogP contribution in [0.5, 0.6) is 5.75 Å². The molecule has 0 heterocycles. The van der Waals surface area contributed by atoms with Gasteiger partial charge in [0.1, 0.15) is 18.3 Å². The predicted octanol–water partition coefficient (Wildman–Crippen LogP) is 3.27. The zero-order valence-corrected chi connectivity index (χ0v) is 22.5. The van der Waals surface area contributed by atoms with Gasteiger partial charge in [0.05, 0.1) is 19.1 Å². The van der Waals surface area contributed by atoms with Gasteiger partial charge in [-0.2, -0.15) is 0 Å². The van der Waals surface area contributed by atoms with Crippen LogP contribution in [0, 0.1) is 19.8 Å². The van der Waals surface area contributed by atoms with E-state index < -0.39 is 28.5 Å². The van der Waals surface area contributed by atoms with E-state index in [0.29, 0.717) is 18.0 Å². The maximum absolute atomic E-state index is 13.6. The molecule has 2 aromatic carbocycles. The molecule has 35 heavy (non-hydrogen) atoms. The molecule has 2 amide bonds. The Morgan fingerprint density at radius 3 is 2.31 bits per heavy atom. The van der Waals surface area contributed by atoms with E-state index in [4.69, 9.17) is 4.74 Å². The summed E-state index contributed by atoms with van der Waals surface area (Å²) in [4.78, 5) is 27.9. The van der Waals surface area contributed by atoms with Gasteiger partial charge in [-0.3, -0.25) is 13.9 Å². The van der Waals surface area contributed by atoms with Crippen molar-refractivity contribution >= 4 is 27.5 Å². The Morgan fingerprint density at radius 2 is 1.71 bits per heavy atom. The van der Waals surface area contributed by atoms with Crippen LogP contribution >= 0.6 is 0 Å². The molecule has 0 aliphatic heterocycles. The van der Waals surface area contributed by atoms with Crippen LogP contribution in [0.15, 0.2) is 42.5 Å². The highest BCUT2D eigenvalue weighted by Crippen LogP contribution is 2.25. The Hall–Kier alpha value is -3.07. The maximum atomic E-state index is 13.6. The standard InChI is InChI=1S/C26H37N3O5S/c1-18(2)15-27-26(31)21(5)28(16-22-11-9-12-23(14-22)34-6)25(30)17-29(35(7,32)33)24-13-8-10-19(3)20(24)4/h8-14,18,21H,15-17H2,1-7H3,(H,27,31). The van der Waals surface area contributed by atoms with Gasteiger partial charge in [-0.05, 0) is 61.6 Å². The summed E-state index contributed by atoms with van der Waals surface area (Å²) >= 11 is 0. The molecule has 1 N–H and O–H groups in total. The molecule has 0 aliphatic carbocycles. The molecule has 192 valence electrons. The molecule has 1 unspecified atom stereocenters. The first-order chi connectivity index (χ1) is 16.3. The molecule has 0 saturated carbocycles. The molecule has 2 rings (SSSR count). The van der Waals surface area contributed by atoms with Crippen molar-refractivity contribution in [3.8, 4) is 5.75 Å². The van der Waals surface area contributed by atoms with Gasteiger partial charge in [-0.25, -0.2) is 8.42 Å². The first-order valence-corrected chi connectivity index (χ1v) is 13.4. The molecule has 8 nitrogen and oxygen atoms in total. The van der Waals surface area contributed by atoms with Crippen LogP contribution in [0.3, 0.4) is 0 Å². The van der Waals surface area contributed by atoms with Crippen molar-refractivity contribution in [2.24, 2.45) is 5.92 Å². The number of hydrogen-bond donors (Lipinski definition) is 1. The second-order valence-electron chi connectivity index (χ2n) is 9.18. The molecule has 0 saturated heterocycles. The number of benzene rings is 2. The molecule has 1 atom stereocenters. The van der Waals surface area contributed by atoms with Crippen molar-refractivity contribution in [2.75, 3.05) is 30.8 Å². The Labute approximate surface area is 209 Å². The van der Waals surface area contributed by atoms with Crippen molar-refractivity contribution in [3.05, 3.63) is 59.2 Å². The number of ether oxygens (including phenoxy) is 1. The number of carbonyl (C=O) groups is 2. The zero-order valence-electron chi connectivity index (χ0n) is 21.7. The summed E-state index contributed by atoms with van der Waals surface area (Å²) in [5.41, 5.74) is 2.89. The molecule has 0 bridgehead atoms. The van der Waals surface area contributed by atoms with E-state index in [1.54, 1.807) is 44.4 Å². The summed E-state index contributed by atoms with van der Waals surface area (Å²) in [5, 5.41) is 2.87. The Morgan fingerprint density at radius 1 is 1.06 bits per heavy atom. The largest absolute Gasteiger partial charge is 0.497 e. The van der Waals surface area contributed by atoms with Crippen molar-refractivity contribution in [2.45, 2.75) is 47.2 Å². The van der Waals surface area contributed by atoms with E-state index in [2.05, 4.69) is 5.32 Å². The van der Waals surface area contributed by atoms with Gasteiger partial charge in [-0.15, -0.1) is 0 Å². The summed E-state index contributed by atoms with van der Waals surface area (Å²) in [5.74, 6) is 0.0950. The van der Waals surface area contributed by atoms with Gasteiger partial charge in [0.15, 0.2) is 0 Å². The maximum Gasteiger partial charge on any atom is 0.244 e. The highest BCUT2D eigenvalue weighted by molar-refractivity contribution is 7.92. The minimum absolute atomic E-state index is 0.122. The summed E-state index contributed by atoms with van der Waals surface area (Å²) in [6.45, 7) is 9.50. The Balaban J connectivity index is 2.43. The number of aryl methyl sites for hydroxylation is 1. The van der Waals surface area contributed by atoms with Crippen LogP contribution in [0.1, 0.15) is 37.5 Å². The number of carbonyl (C=O) groups excluding carboxylic acids is 2. The normalized spacial score (nSPS) is 12.2. The lowest BCUT2D eigenvalue weighted by molar-refractivity contribution is -0.139. The van der Waals surface area contributed by atoms with Gasteiger partial charge in [0, 0.05) is 13.1 Å². The molecule has 0 fully saturated rings. The Bertz CT molecular complexity index is 1150. The van der Waals surface area contributed by atoms with Gasteiger partial charge in [0.25, 0.3) is 0 Å². The summed E-state index contributed by atoms with van der Waals surface area (Å²) in [6, 6.07) is 11.7. The minimum atomic E-state index is -3.77.